The van der Waals surface area contributed by atoms with Crippen LogP contribution in [0.2, 0.25) is 0 Å². The van der Waals surface area contributed by atoms with Gasteiger partial charge in [0.1, 0.15) is 0 Å². The van der Waals surface area contributed by atoms with Gasteiger partial charge in [-0.2, -0.15) is 0 Å². The monoisotopic (exact) mass is 188 g/mol. The largest absolute Gasteiger partial charge is 0.126 e. The minimum Gasteiger partial charge on any atom is -0.126 e. The summed E-state index contributed by atoms with van der Waals surface area (Å²) < 4.78 is 0. The van der Waals surface area contributed by atoms with Crippen LogP contribution in [-0.2, 0) is 0 Å². The molecule has 1 fully saturated rings. The van der Waals surface area contributed by atoms with Crippen LogP contribution in [0, 0.1) is 17.8 Å². The Morgan fingerprint density at radius 1 is 1.42 bits per heavy atom. The second kappa shape index (κ2) is 5.11. The van der Waals surface area contributed by atoms with Gasteiger partial charge in [0.2, 0.25) is 0 Å². The SMILES string of the molecule is CCC[C@H](C)CC(CCl)C1CC1. The van der Waals surface area contributed by atoms with Gasteiger partial charge in [-0.3, -0.25) is 0 Å². The van der Waals surface area contributed by atoms with Crippen LogP contribution < -0.4 is 0 Å². The summed E-state index contributed by atoms with van der Waals surface area (Å²) in [6, 6.07) is 0. The third-order valence-corrected chi connectivity index (χ3v) is 3.37. The molecule has 0 aliphatic heterocycles. The Labute approximate surface area is 81.7 Å². The van der Waals surface area contributed by atoms with Gasteiger partial charge >= 0.3 is 0 Å². The van der Waals surface area contributed by atoms with Crippen LogP contribution in [-0.4, -0.2) is 5.88 Å². The van der Waals surface area contributed by atoms with Gasteiger partial charge in [-0.05, 0) is 37.0 Å². The summed E-state index contributed by atoms with van der Waals surface area (Å²) in [5, 5.41) is 0. The van der Waals surface area contributed by atoms with Crippen molar-refractivity contribution in [2.24, 2.45) is 17.8 Å². The predicted octanol–water partition coefficient (Wildman–Crippen LogP) is 4.08. The van der Waals surface area contributed by atoms with E-state index in [1.54, 1.807) is 0 Å². The van der Waals surface area contributed by atoms with Crippen molar-refractivity contribution in [1.82, 2.24) is 0 Å². The second-order valence-electron chi connectivity index (χ2n) is 4.38. The summed E-state index contributed by atoms with van der Waals surface area (Å²) in [4.78, 5) is 0. The molecule has 0 bridgehead atoms. The van der Waals surface area contributed by atoms with Crippen molar-refractivity contribution in [2.45, 2.75) is 46.0 Å². The summed E-state index contributed by atoms with van der Waals surface area (Å²) in [6.07, 6.45) is 6.94. The molecule has 0 aromatic carbocycles. The summed E-state index contributed by atoms with van der Waals surface area (Å²) in [5.41, 5.74) is 0. The average molecular weight is 189 g/mol. The average Bonchev–Trinajstić information content (AvgIpc) is 2.83. The Hall–Kier alpha value is 0.290. The van der Waals surface area contributed by atoms with Crippen molar-refractivity contribution in [2.75, 3.05) is 5.88 Å². The van der Waals surface area contributed by atoms with Gasteiger partial charge in [-0.25, -0.2) is 0 Å². The van der Waals surface area contributed by atoms with Crippen LogP contribution in [0.3, 0.4) is 0 Å². The number of hydrogen-bond acceptors (Lipinski definition) is 0. The molecule has 0 aromatic heterocycles. The first-order valence-electron chi connectivity index (χ1n) is 5.33. The highest BCUT2D eigenvalue weighted by Crippen LogP contribution is 2.40. The number of hydrogen-bond donors (Lipinski definition) is 0. The molecule has 12 heavy (non-hydrogen) atoms. The molecular formula is C11H21Cl. The van der Waals surface area contributed by atoms with Crippen molar-refractivity contribution in [1.29, 1.82) is 0 Å². The van der Waals surface area contributed by atoms with E-state index < -0.39 is 0 Å². The zero-order valence-corrected chi connectivity index (χ0v) is 9.11. The number of halogens is 1. The lowest BCUT2D eigenvalue weighted by Gasteiger charge is -2.17. The fourth-order valence-electron chi connectivity index (χ4n) is 2.08. The maximum Gasteiger partial charge on any atom is 0.0254 e. The molecule has 72 valence electrons. The third-order valence-electron chi connectivity index (χ3n) is 2.97. The lowest BCUT2D eigenvalue weighted by molar-refractivity contribution is 0.365. The molecule has 0 N–H and O–H groups in total. The van der Waals surface area contributed by atoms with Crippen molar-refractivity contribution in [3.63, 3.8) is 0 Å². The Morgan fingerprint density at radius 2 is 2.08 bits per heavy atom. The number of rotatable bonds is 6. The Bertz CT molecular complexity index is 118. The van der Waals surface area contributed by atoms with E-state index in [1.807, 2.05) is 0 Å². The molecule has 1 aliphatic carbocycles. The summed E-state index contributed by atoms with van der Waals surface area (Å²) >= 11 is 5.95. The first-order valence-corrected chi connectivity index (χ1v) is 5.87. The summed E-state index contributed by atoms with van der Waals surface area (Å²) in [6.45, 7) is 4.63. The van der Waals surface area contributed by atoms with Gasteiger partial charge in [0.25, 0.3) is 0 Å². The van der Waals surface area contributed by atoms with Crippen LogP contribution in [0.25, 0.3) is 0 Å². The maximum atomic E-state index is 5.95. The highest BCUT2D eigenvalue weighted by atomic mass is 35.5. The van der Waals surface area contributed by atoms with E-state index in [0.717, 1.165) is 23.6 Å². The molecule has 1 aliphatic rings. The van der Waals surface area contributed by atoms with E-state index in [-0.39, 0.29) is 0 Å². The minimum atomic E-state index is 0.827. The Morgan fingerprint density at radius 3 is 2.50 bits per heavy atom. The smallest absolute Gasteiger partial charge is 0.0254 e. The molecule has 0 heterocycles. The third kappa shape index (κ3) is 3.35. The van der Waals surface area contributed by atoms with E-state index in [9.17, 15) is 0 Å². The van der Waals surface area contributed by atoms with E-state index in [1.165, 1.54) is 32.1 Å². The van der Waals surface area contributed by atoms with Gasteiger partial charge in [-0.15, -0.1) is 11.6 Å². The zero-order valence-electron chi connectivity index (χ0n) is 8.35. The lowest BCUT2D eigenvalue weighted by Crippen LogP contribution is -2.10. The Balaban J connectivity index is 2.16. The molecule has 0 aromatic rings. The molecule has 0 saturated heterocycles. The molecule has 1 unspecified atom stereocenters. The number of alkyl halides is 1. The van der Waals surface area contributed by atoms with Crippen LogP contribution >= 0.6 is 11.6 Å². The first kappa shape index (κ1) is 10.4. The van der Waals surface area contributed by atoms with Crippen LogP contribution in [0.1, 0.15) is 46.0 Å². The van der Waals surface area contributed by atoms with Gasteiger partial charge in [0, 0.05) is 5.88 Å². The first-order chi connectivity index (χ1) is 5.77. The predicted molar refractivity (Wildman–Crippen MR) is 55.6 cm³/mol. The standard InChI is InChI=1S/C11H21Cl/c1-3-4-9(2)7-11(8-12)10-5-6-10/h9-11H,3-8H2,1-2H3/t9-,11?/m0/s1. The molecule has 1 rings (SSSR count). The lowest BCUT2D eigenvalue weighted by atomic mass is 9.91. The van der Waals surface area contributed by atoms with Crippen molar-refractivity contribution >= 4 is 11.6 Å². The Kier molecular flexibility index (Phi) is 4.42. The summed E-state index contributed by atoms with van der Waals surface area (Å²) in [5.74, 6) is 3.59. The van der Waals surface area contributed by atoms with Gasteiger partial charge in [0.05, 0.1) is 0 Å². The topological polar surface area (TPSA) is 0 Å². The van der Waals surface area contributed by atoms with Crippen molar-refractivity contribution in [3.05, 3.63) is 0 Å². The highest BCUT2D eigenvalue weighted by Gasteiger charge is 2.30. The highest BCUT2D eigenvalue weighted by molar-refractivity contribution is 6.18. The molecule has 0 spiro atoms. The van der Waals surface area contributed by atoms with Gasteiger partial charge in [0.15, 0.2) is 0 Å². The molecule has 0 radical (unpaired) electrons. The fraction of sp³-hybridized carbons (Fsp3) is 1.00. The normalized spacial score (nSPS) is 22.2. The molecule has 1 saturated carbocycles. The van der Waals surface area contributed by atoms with Crippen LogP contribution in [0.4, 0.5) is 0 Å². The second-order valence-corrected chi connectivity index (χ2v) is 4.69. The fourth-order valence-corrected chi connectivity index (χ4v) is 2.45. The van der Waals surface area contributed by atoms with Crippen LogP contribution in [0.5, 0.6) is 0 Å². The molecule has 0 amide bonds. The molecule has 1 heteroatoms. The minimum absolute atomic E-state index is 0.827. The van der Waals surface area contributed by atoms with E-state index in [2.05, 4.69) is 13.8 Å². The van der Waals surface area contributed by atoms with E-state index in [0.29, 0.717) is 0 Å². The van der Waals surface area contributed by atoms with Crippen molar-refractivity contribution in [3.8, 4) is 0 Å². The van der Waals surface area contributed by atoms with E-state index in [4.69, 9.17) is 11.6 Å². The maximum absolute atomic E-state index is 5.95. The van der Waals surface area contributed by atoms with Gasteiger partial charge < -0.3 is 0 Å². The molecule has 0 nitrogen and oxygen atoms in total. The quantitative estimate of drug-likeness (QED) is 0.552. The zero-order chi connectivity index (χ0) is 8.97. The molecular weight excluding hydrogens is 168 g/mol. The van der Waals surface area contributed by atoms with Gasteiger partial charge in [-0.1, -0.05) is 26.7 Å². The van der Waals surface area contributed by atoms with Crippen LogP contribution in [0.15, 0.2) is 0 Å². The summed E-state index contributed by atoms with van der Waals surface area (Å²) in [7, 11) is 0. The van der Waals surface area contributed by atoms with Crippen molar-refractivity contribution < 1.29 is 0 Å². The van der Waals surface area contributed by atoms with E-state index >= 15 is 0 Å². The molecule has 2 atom stereocenters.